The molecule has 4 rings (SSSR count). The normalized spacial score (nSPS) is 16.3. The van der Waals surface area contributed by atoms with Crippen molar-refractivity contribution in [3.63, 3.8) is 0 Å². The summed E-state index contributed by atoms with van der Waals surface area (Å²) < 4.78 is 5.31. The smallest absolute Gasteiger partial charge is 0.270 e. The summed E-state index contributed by atoms with van der Waals surface area (Å²) in [5.74, 6) is -0.292. The summed E-state index contributed by atoms with van der Waals surface area (Å²) in [6.45, 7) is 0.739. The average molecular weight is 409 g/mol. The highest BCUT2D eigenvalue weighted by atomic mass is 16.6. The highest BCUT2D eigenvalue weighted by molar-refractivity contribution is 6.02. The van der Waals surface area contributed by atoms with Crippen molar-refractivity contribution < 1.29 is 24.0 Å². The average Bonchev–Trinajstić information content (AvgIpc) is 2.77. The molecule has 0 unspecified atom stereocenters. The molecule has 2 aliphatic rings. The first-order valence-electron chi connectivity index (χ1n) is 9.57. The van der Waals surface area contributed by atoms with Gasteiger partial charge in [0, 0.05) is 42.3 Å². The van der Waals surface area contributed by atoms with Crippen molar-refractivity contribution in [3.8, 4) is 5.75 Å². The first kappa shape index (κ1) is 19.6. The number of fused-ring (bicyclic) bond motifs is 1. The zero-order valence-electron chi connectivity index (χ0n) is 16.0. The zero-order chi connectivity index (χ0) is 21.3. The van der Waals surface area contributed by atoms with E-state index in [4.69, 9.17) is 4.74 Å². The Balaban J connectivity index is 1.41. The molecule has 0 aromatic heterocycles. The molecule has 154 valence electrons. The molecule has 0 bridgehead atoms. The number of likely N-dealkylation sites (tertiary alicyclic amines) is 1. The number of ether oxygens (including phenoxy) is 1. The van der Waals surface area contributed by atoms with Gasteiger partial charge in [-0.15, -0.1) is 0 Å². The van der Waals surface area contributed by atoms with Crippen molar-refractivity contribution in [2.24, 2.45) is 5.92 Å². The van der Waals surface area contributed by atoms with Gasteiger partial charge in [-0.2, -0.15) is 0 Å². The van der Waals surface area contributed by atoms with Crippen molar-refractivity contribution in [2.75, 3.05) is 25.0 Å². The molecule has 2 aliphatic heterocycles. The van der Waals surface area contributed by atoms with Gasteiger partial charge in [0.2, 0.25) is 0 Å². The first-order chi connectivity index (χ1) is 14.4. The monoisotopic (exact) mass is 409 g/mol. The van der Waals surface area contributed by atoms with E-state index in [0.717, 1.165) is 0 Å². The van der Waals surface area contributed by atoms with Gasteiger partial charge in [-0.25, -0.2) is 0 Å². The number of non-ortho nitro benzene ring substituents is 1. The van der Waals surface area contributed by atoms with Crippen molar-refractivity contribution in [2.45, 2.75) is 12.8 Å². The molecular weight excluding hydrogens is 390 g/mol. The number of nitrogens with one attached hydrogen (secondary N) is 1. The van der Waals surface area contributed by atoms with Gasteiger partial charge in [0.05, 0.1) is 10.6 Å². The maximum absolute atomic E-state index is 12.9. The Bertz CT molecular complexity index is 1040. The quantitative estimate of drug-likeness (QED) is 0.471. The highest BCUT2D eigenvalue weighted by Crippen LogP contribution is 2.31. The van der Waals surface area contributed by atoms with Gasteiger partial charge in [-0.05, 0) is 37.1 Å². The van der Waals surface area contributed by atoms with Gasteiger partial charge in [0.15, 0.2) is 12.4 Å². The third-order valence-corrected chi connectivity index (χ3v) is 5.35. The van der Waals surface area contributed by atoms with Crippen LogP contribution in [0.1, 0.15) is 33.6 Å². The minimum absolute atomic E-state index is 0.0416. The molecule has 2 aromatic carbocycles. The molecule has 1 fully saturated rings. The Hall–Kier alpha value is -3.75. The van der Waals surface area contributed by atoms with Crippen molar-refractivity contribution >= 4 is 29.0 Å². The van der Waals surface area contributed by atoms with Gasteiger partial charge >= 0.3 is 0 Å². The number of rotatable bonds is 4. The highest BCUT2D eigenvalue weighted by Gasteiger charge is 2.29. The number of ketones is 1. The number of carbonyl (C=O) groups excluding carboxylic acids is 3. The lowest BCUT2D eigenvalue weighted by Gasteiger charge is -2.31. The predicted molar refractivity (Wildman–Crippen MR) is 107 cm³/mol. The number of benzene rings is 2. The Morgan fingerprint density at radius 2 is 1.87 bits per heavy atom. The van der Waals surface area contributed by atoms with E-state index < -0.39 is 4.92 Å². The molecule has 2 aromatic rings. The van der Waals surface area contributed by atoms with Crippen LogP contribution in [-0.4, -0.2) is 47.1 Å². The molecule has 0 atom stereocenters. The summed E-state index contributed by atoms with van der Waals surface area (Å²) in [6, 6.07) is 10.6. The predicted octanol–water partition coefficient (Wildman–Crippen LogP) is 2.66. The second kappa shape index (κ2) is 7.94. The fourth-order valence-electron chi connectivity index (χ4n) is 3.75. The van der Waals surface area contributed by atoms with Crippen LogP contribution >= 0.6 is 0 Å². The molecule has 0 saturated carbocycles. The lowest BCUT2D eigenvalue weighted by Crippen LogP contribution is -2.40. The number of amides is 2. The van der Waals surface area contributed by atoms with Gasteiger partial charge in [0.1, 0.15) is 5.75 Å². The van der Waals surface area contributed by atoms with Gasteiger partial charge in [0.25, 0.3) is 17.5 Å². The van der Waals surface area contributed by atoms with E-state index >= 15 is 0 Å². The Morgan fingerprint density at radius 3 is 2.60 bits per heavy atom. The fraction of sp³-hybridized carbons (Fsp3) is 0.286. The Labute approximate surface area is 171 Å². The number of carbonyl (C=O) groups is 3. The van der Waals surface area contributed by atoms with Crippen LogP contribution in [0.5, 0.6) is 5.75 Å². The van der Waals surface area contributed by atoms with E-state index in [2.05, 4.69) is 5.32 Å². The molecule has 9 nitrogen and oxygen atoms in total. The number of nitro benzene ring substituents is 1. The van der Waals surface area contributed by atoms with Crippen LogP contribution in [0.15, 0.2) is 42.5 Å². The topological polar surface area (TPSA) is 119 Å². The van der Waals surface area contributed by atoms with Crippen molar-refractivity contribution in [1.82, 2.24) is 4.90 Å². The number of hydrogen-bond acceptors (Lipinski definition) is 6. The van der Waals surface area contributed by atoms with Crippen LogP contribution in [0, 0.1) is 16.0 Å². The summed E-state index contributed by atoms with van der Waals surface area (Å²) >= 11 is 0. The Kier molecular flexibility index (Phi) is 5.18. The van der Waals surface area contributed by atoms with Gasteiger partial charge < -0.3 is 15.0 Å². The minimum Gasteiger partial charge on any atom is -0.482 e. The van der Waals surface area contributed by atoms with Crippen LogP contribution in [0.2, 0.25) is 0 Å². The van der Waals surface area contributed by atoms with E-state index in [1.54, 1.807) is 29.2 Å². The molecule has 30 heavy (non-hydrogen) atoms. The number of nitro groups is 1. The molecular formula is C21H19N3O6. The summed E-state index contributed by atoms with van der Waals surface area (Å²) in [4.78, 5) is 49.1. The number of Topliss-reactive ketones (excluding diaryl/α,β-unsaturated/α-hetero) is 1. The molecule has 2 heterocycles. The molecule has 1 saturated heterocycles. The van der Waals surface area contributed by atoms with Crippen LogP contribution in [0.3, 0.4) is 0 Å². The van der Waals surface area contributed by atoms with Crippen LogP contribution in [-0.2, 0) is 4.79 Å². The fourth-order valence-corrected chi connectivity index (χ4v) is 3.75. The number of hydrogen-bond donors (Lipinski definition) is 1. The molecule has 2 amide bonds. The summed E-state index contributed by atoms with van der Waals surface area (Å²) in [5.41, 5.74) is 1.10. The number of piperidine rings is 1. The minimum atomic E-state index is -0.534. The molecule has 1 N–H and O–H groups in total. The summed E-state index contributed by atoms with van der Waals surface area (Å²) in [5, 5.41) is 13.6. The molecule has 9 heteroatoms. The maximum atomic E-state index is 12.9. The van der Waals surface area contributed by atoms with Crippen molar-refractivity contribution in [3.05, 3.63) is 63.7 Å². The standard InChI is InChI=1S/C21H19N3O6/c25-19-12-30-18-5-4-14(11-17(18)22-19)20(26)13-6-8-23(9-7-13)21(27)15-2-1-3-16(10-15)24(28)29/h1-5,10-11,13H,6-9,12H2,(H,22,25). The molecule has 0 spiro atoms. The maximum Gasteiger partial charge on any atom is 0.270 e. The zero-order valence-corrected chi connectivity index (χ0v) is 16.0. The lowest BCUT2D eigenvalue weighted by atomic mass is 9.88. The summed E-state index contributed by atoms with van der Waals surface area (Å²) in [7, 11) is 0. The SMILES string of the molecule is O=C1COc2ccc(C(=O)C3CCN(C(=O)c4cccc([N+](=O)[O-])c4)CC3)cc2N1. The van der Waals surface area contributed by atoms with Crippen LogP contribution in [0.4, 0.5) is 11.4 Å². The largest absolute Gasteiger partial charge is 0.482 e. The second-order valence-electron chi connectivity index (χ2n) is 7.29. The van der Waals surface area contributed by atoms with Gasteiger partial charge in [-0.3, -0.25) is 24.5 Å². The third-order valence-electron chi connectivity index (χ3n) is 5.35. The van der Waals surface area contributed by atoms with Crippen LogP contribution in [0.25, 0.3) is 0 Å². The van der Waals surface area contributed by atoms with E-state index in [1.165, 1.54) is 18.2 Å². The van der Waals surface area contributed by atoms with Crippen molar-refractivity contribution in [1.29, 1.82) is 0 Å². The molecule has 0 aliphatic carbocycles. The lowest BCUT2D eigenvalue weighted by molar-refractivity contribution is -0.384. The van der Waals surface area contributed by atoms with E-state index in [0.29, 0.717) is 42.9 Å². The summed E-state index contributed by atoms with van der Waals surface area (Å²) in [6.07, 6.45) is 0.999. The number of nitrogens with zero attached hydrogens (tertiary/aromatic N) is 2. The third kappa shape index (κ3) is 3.86. The van der Waals surface area contributed by atoms with Gasteiger partial charge in [-0.1, -0.05) is 6.07 Å². The second-order valence-corrected chi connectivity index (χ2v) is 7.29. The Morgan fingerprint density at radius 1 is 1.10 bits per heavy atom. The first-order valence-corrected chi connectivity index (χ1v) is 9.57. The van der Waals surface area contributed by atoms with E-state index in [1.807, 2.05) is 0 Å². The number of anilines is 1. The van der Waals surface area contributed by atoms with E-state index in [9.17, 15) is 24.5 Å². The van der Waals surface area contributed by atoms with Crippen LogP contribution < -0.4 is 10.1 Å². The molecule has 0 radical (unpaired) electrons. The van der Waals surface area contributed by atoms with E-state index in [-0.39, 0.29) is 41.4 Å².